The fourth-order valence-electron chi connectivity index (χ4n) is 3.13. The Morgan fingerprint density at radius 3 is 2.36 bits per heavy atom. The van der Waals surface area contributed by atoms with E-state index in [1.54, 1.807) is 24.3 Å². The molecule has 3 aromatic carbocycles. The minimum Gasteiger partial charge on any atom is -0.345 e. The van der Waals surface area contributed by atoms with E-state index in [0.717, 1.165) is 11.0 Å². The zero-order chi connectivity index (χ0) is 19.5. The molecule has 0 atom stereocenters. The molecule has 4 nitrogen and oxygen atoms in total. The van der Waals surface area contributed by atoms with Crippen LogP contribution in [0.2, 0.25) is 0 Å². The summed E-state index contributed by atoms with van der Waals surface area (Å²) < 4.78 is 29.8. The first kappa shape index (κ1) is 17.9. The highest BCUT2D eigenvalue weighted by molar-refractivity contribution is 5.94. The van der Waals surface area contributed by atoms with Crippen LogP contribution >= 0.6 is 0 Å². The van der Waals surface area contributed by atoms with Crippen LogP contribution in [0, 0.1) is 11.6 Å². The Kier molecular flexibility index (Phi) is 4.85. The summed E-state index contributed by atoms with van der Waals surface area (Å²) in [5, 5.41) is 2.70. The topological polar surface area (TPSA) is 46.9 Å². The van der Waals surface area contributed by atoms with Crippen molar-refractivity contribution in [1.29, 1.82) is 0 Å². The number of amides is 1. The Morgan fingerprint density at radius 2 is 1.57 bits per heavy atom. The average molecular weight is 377 g/mol. The number of para-hydroxylation sites is 2. The van der Waals surface area contributed by atoms with Gasteiger partial charge in [0.15, 0.2) is 0 Å². The molecule has 0 saturated carbocycles. The minimum absolute atomic E-state index is 0.0285. The van der Waals surface area contributed by atoms with Crippen LogP contribution in [0.15, 0.2) is 72.8 Å². The summed E-state index contributed by atoms with van der Waals surface area (Å²) in [5.41, 5.74) is 2.07. The van der Waals surface area contributed by atoms with Crippen LogP contribution < -0.4 is 5.32 Å². The van der Waals surface area contributed by atoms with Crippen LogP contribution in [-0.4, -0.2) is 15.5 Å². The van der Waals surface area contributed by atoms with Crippen LogP contribution in [0.5, 0.6) is 0 Å². The van der Waals surface area contributed by atoms with E-state index in [4.69, 9.17) is 0 Å². The molecule has 1 aromatic heterocycles. The first-order chi connectivity index (χ1) is 13.6. The van der Waals surface area contributed by atoms with Crippen LogP contribution in [0.25, 0.3) is 11.0 Å². The maximum atomic E-state index is 14.1. The van der Waals surface area contributed by atoms with Gasteiger partial charge in [0.1, 0.15) is 17.5 Å². The standard InChI is InChI=1S/C22H17F2N3O/c23-17-9-3-1-7-15(17)14-27-20-12-6-5-11-19(20)26-21(27)13-25-22(28)16-8-2-4-10-18(16)24/h1-12H,13-14H2,(H,25,28). The van der Waals surface area contributed by atoms with Gasteiger partial charge < -0.3 is 9.88 Å². The Hall–Kier alpha value is -3.54. The fraction of sp³-hybridized carbons (Fsp3) is 0.0909. The molecule has 0 unspecified atom stereocenters. The monoisotopic (exact) mass is 377 g/mol. The quantitative estimate of drug-likeness (QED) is 0.564. The number of nitrogens with zero attached hydrogens (tertiary/aromatic N) is 2. The SMILES string of the molecule is O=C(NCc1nc2ccccc2n1Cc1ccccc1F)c1ccccc1F. The van der Waals surface area contributed by atoms with Crippen molar-refractivity contribution in [1.82, 2.24) is 14.9 Å². The highest BCUT2D eigenvalue weighted by Crippen LogP contribution is 2.19. The Balaban J connectivity index is 1.64. The molecule has 1 amide bonds. The van der Waals surface area contributed by atoms with Crippen LogP contribution in [0.3, 0.4) is 0 Å². The van der Waals surface area contributed by atoms with Gasteiger partial charge in [-0.2, -0.15) is 0 Å². The molecule has 1 N–H and O–H groups in total. The van der Waals surface area contributed by atoms with Gasteiger partial charge in [-0.25, -0.2) is 13.8 Å². The summed E-state index contributed by atoms with van der Waals surface area (Å²) in [7, 11) is 0. The van der Waals surface area contributed by atoms with E-state index in [1.807, 2.05) is 28.8 Å². The van der Waals surface area contributed by atoms with Gasteiger partial charge in [-0.05, 0) is 30.3 Å². The second kappa shape index (κ2) is 7.60. The van der Waals surface area contributed by atoms with E-state index >= 15 is 0 Å². The Bertz CT molecular complexity index is 1150. The number of halogens is 2. The number of carbonyl (C=O) groups is 1. The van der Waals surface area contributed by atoms with Gasteiger partial charge in [-0.1, -0.05) is 42.5 Å². The van der Waals surface area contributed by atoms with Gasteiger partial charge in [0, 0.05) is 5.56 Å². The Morgan fingerprint density at radius 1 is 0.893 bits per heavy atom. The molecule has 1 heterocycles. The molecule has 6 heteroatoms. The van der Waals surface area contributed by atoms with E-state index in [-0.39, 0.29) is 24.5 Å². The lowest BCUT2D eigenvalue weighted by Gasteiger charge is -2.11. The molecular formula is C22H17F2N3O. The molecule has 140 valence electrons. The van der Waals surface area contributed by atoms with Crippen LogP contribution in [0.1, 0.15) is 21.7 Å². The average Bonchev–Trinajstić information content (AvgIpc) is 3.06. The van der Waals surface area contributed by atoms with Crippen molar-refractivity contribution in [3.8, 4) is 0 Å². The largest absolute Gasteiger partial charge is 0.345 e. The van der Waals surface area contributed by atoms with Crippen molar-refractivity contribution in [2.24, 2.45) is 0 Å². The van der Waals surface area contributed by atoms with Gasteiger partial charge >= 0.3 is 0 Å². The van der Waals surface area contributed by atoms with Gasteiger partial charge in [0.2, 0.25) is 0 Å². The zero-order valence-electron chi connectivity index (χ0n) is 14.9. The van der Waals surface area contributed by atoms with Gasteiger partial charge in [0.25, 0.3) is 5.91 Å². The van der Waals surface area contributed by atoms with Crippen molar-refractivity contribution >= 4 is 16.9 Å². The van der Waals surface area contributed by atoms with E-state index < -0.39 is 11.7 Å². The highest BCUT2D eigenvalue weighted by Gasteiger charge is 2.15. The summed E-state index contributed by atoms with van der Waals surface area (Å²) in [6.45, 7) is 0.369. The second-order valence-electron chi connectivity index (χ2n) is 6.36. The van der Waals surface area contributed by atoms with Crippen molar-refractivity contribution in [2.75, 3.05) is 0 Å². The number of fused-ring (bicyclic) bond motifs is 1. The molecular weight excluding hydrogens is 360 g/mol. The molecule has 0 bridgehead atoms. The number of hydrogen-bond donors (Lipinski definition) is 1. The van der Waals surface area contributed by atoms with Crippen molar-refractivity contribution in [3.05, 3.63) is 101 Å². The number of carbonyl (C=O) groups excluding carboxylic acids is 1. The normalized spacial score (nSPS) is 10.9. The molecule has 0 aliphatic carbocycles. The molecule has 4 rings (SSSR count). The number of rotatable bonds is 5. The molecule has 4 aromatic rings. The zero-order valence-corrected chi connectivity index (χ0v) is 14.9. The molecule has 0 radical (unpaired) electrons. The summed E-state index contributed by atoms with van der Waals surface area (Å²) in [6.07, 6.45) is 0. The summed E-state index contributed by atoms with van der Waals surface area (Å²) in [5.74, 6) is -0.849. The first-order valence-corrected chi connectivity index (χ1v) is 8.84. The predicted molar refractivity (Wildman–Crippen MR) is 103 cm³/mol. The molecule has 0 aliphatic rings. The van der Waals surface area contributed by atoms with Crippen molar-refractivity contribution < 1.29 is 13.6 Å². The maximum Gasteiger partial charge on any atom is 0.254 e. The third-order valence-corrected chi connectivity index (χ3v) is 4.55. The lowest BCUT2D eigenvalue weighted by Crippen LogP contribution is -2.25. The van der Waals surface area contributed by atoms with E-state index in [2.05, 4.69) is 10.3 Å². The molecule has 0 aliphatic heterocycles. The van der Waals surface area contributed by atoms with E-state index in [9.17, 15) is 13.6 Å². The minimum atomic E-state index is -0.583. The lowest BCUT2D eigenvalue weighted by molar-refractivity contribution is 0.0945. The third kappa shape index (κ3) is 3.49. The number of hydrogen-bond acceptors (Lipinski definition) is 2. The van der Waals surface area contributed by atoms with Gasteiger partial charge in [-0.3, -0.25) is 4.79 Å². The van der Waals surface area contributed by atoms with Crippen LogP contribution in [0.4, 0.5) is 8.78 Å². The highest BCUT2D eigenvalue weighted by atomic mass is 19.1. The summed E-state index contributed by atoms with van der Waals surface area (Å²) in [6, 6.07) is 19.8. The molecule has 0 spiro atoms. The smallest absolute Gasteiger partial charge is 0.254 e. The van der Waals surface area contributed by atoms with Crippen molar-refractivity contribution in [3.63, 3.8) is 0 Å². The van der Waals surface area contributed by atoms with Crippen LogP contribution in [-0.2, 0) is 13.1 Å². The number of benzene rings is 3. The van der Waals surface area contributed by atoms with E-state index in [1.165, 1.54) is 24.3 Å². The molecule has 28 heavy (non-hydrogen) atoms. The molecule has 0 saturated heterocycles. The number of imidazole rings is 1. The number of aromatic nitrogens is 2. The second-order valence-corrected chi connectivity index (χ2v) is 6.36. The summed E-state index contributed by atoms with van der Waals surface area (Å²) in [4.78, 5) is 16.9. The van der Waals surface area contributed by atoms with Gasteiger partial charge in [-0.15, -0.1) is 0 Å². The van der Waals surface area contributed by atoms with Crippen molar-refractivity contribution in [2.45, 2.75) is 13.1 Å². The fourth-order valence-corrected chi connectivity index (χ4v) is 3.13. The number of nitrogens with one attached hydrogen (secondary N) is 1. The predicted octanol–water partition coefficient (Wildman–Crippen LogP) is 4.29. The maximum absolute atomic E-state index is 14.1. The first-order valence-electron chi connectivity index (χ1n) is 8.84. The third-order valence-electron chi connectivity index (χ3n) is 4.55. The lowest BCUT2D eigenvalue weighted by atomic mass is 10.2. The molecule has 0 fully saturated rings. The van der Waals surface area contributed by atoms with Gasteiger partial charge in [0.05, 0.1) is 29.7 Å². The Labute approximate surface area is 160 Å². The van der Waals surface area contributed by atoms with E-state index in [0.29, 0.717) is 11.4 Å². The summed E-state index contributed by atoms with van der Waals surface area (Å²) >= 11 is 0.